The SMILES string of the molecule is COCC1(C(N)=O)CCCN1Cc1ccncc1. The smallest absolute Gasteiger partial charge is 0.240 e. The molecule has 0 saturated carbocycles. The lowest BCUT2D eigenvalue weighted by Crippen LogP contribution is -2.56. The first-order valence-corrected chi connectivity index (χ1v) is 6.12. The van der Waals surface area contributed by atoms with Gasteiger partial charge in [-0.3, -0.25) is 14.7 Å². The second-order valence-electron chi connectivity index (χ2n) is 4.71. The molecular weight excluding hydrogens is 230 g/mol. The van der Waals surface area contributed by atoms with Gasteiger partial charge in [0.1, 0.15) is 5.54 Å². The average Bonchev–Trinajstić information content (AvgIpc) is 2.75. The lowest BCUT2D eigenvalue weighted by Gasteiger charge is -2.35. The highest BCUT2D eigenvalue weighted by Crippen LogP contribution is 2.31. The maximum Gasteiger partial charge on any atom is 0.240 e. The summed E-state index contributed by atoms with van der Waals surface area (Å²) in [6, 6.07) is 3.91. The number of nitrogens with two attached hydrogens (primary N) is 1. The van der Waals surface area contributed by atoms with Crippen LogP contribution in [-0.4, -0.2) is 41.6 Å². The van der Waals surface area contributed by atoms with Gasteiger partial charge in [-0.2, -0.15) is 0 Å². The molecule has 18 heavy (non-hydrogen) atoms. The number of aromatic nitrogens is 1. The molecule has 98 valence electrons. The first-order valence-electron chi connectivity index (χ1n) is 6.12. The monoisotopic (exact) mass is 249 g/mol. The van der Waals surface area contributed by atoms with E-state index in [1.165, 1.54) is 0 Å². The predicted molar refractivity (Wildman–Crippen MR) is 67.7 cm³/mol. The molecule has 1 aliphatic rings. The largest absolute Gasteiger partial charge is 0.382 e. The molecule has 2 rings (SSSR count). The van der Waals surface area contributed by atoms with Gasteiger partial charge in [-0.1, -0.05) is 0 Å². The summed E-state index contributed by atoms with van der Waals surface area (Å²) in [5.74, 6) is -0.295. The zero-order chi connectivity index (χ0) is 13.0. The van der Waals surface area contributed by atoms with E-state index in [1.807, 2.05) is 12.1 Å². The number of primary amides is 1. The number of hydrogen-bond acceptors (Lipinski definition) is 4. The molecular formula is C13H19N3O2. The molecule has 2 N–H and O–H groups in total. The van der Waals surface area contributed by atoms with Crippen molar-refractivity contribution in [1.82, 2.24) is 9.88 Å². The van der Waals surface area contributed by atoms with Crippen molar-refractivity contribution in [2.45, 2.75) is 24.9 Å². The number of hydrogen-bond donors (Lipinski definition) is 1. The molecule has 0 aromatic carbocycles. The van der Waals surface area contributed by atoms with Crippen LogP contribution >= 0.6 is 0 Å². The minimum absolute atomic E-state index is 0.295. The van der Waals surface area contributed by atoms with Crippen molar-refractivity contribution in [3.05, 3.63) is 30.1 Å². The number of rotatable bonds is 5. The fourth-order valence-corrected chi connectivity index (χ4v) is 2.63. The average molecular weight is 249 g/mol. The first kappa shape index (κ1) is 13.0. The summed E-state index contributed by atoms with van der Waals surface area (Å²) in [5, 5.41) is 0. The highest BCUT2D eigenvalue weighted by Gasteiger charge is 2.46. The van der Waals surface area contributed by atoms with Gasteiger partial charge in [-0.15, -0.1) is 0 Å². The normalized spacial score (nSPS) is 24.3. The van der Waals surface area contributed by atoms with Crippen LogP contribution in [0.3, 0.4) is 0 Å². The number of methoxy groups -OCH3 is 1. The molecule has 5 heteroatoms. The van der Waals surface area contributed by atoms with Gasteiger partial charge in [0.2, 0.25) is 5.91 Å². The minimum atomic E-state index is -0.655. The molecule has 0 bridgehead atoms. The molecule has 1 amide bonds. The Hall–Kier alpha value is -1.46. The standard InChI is InChI=1S/C13H19N3O2/c1-18-10-13(12(14)17)5-2-8-16(13)9-11-3-6-15-7-4-11/h3-4,6-7H,2,5,8-10H2,1H3,(H2,14,17). The van der Waals surface area contributed by atoms with E-state index in [1.54, 1.807) is 19.5 Å². The number of amides is 1. The lowest BCUT2D eigenvalue weighted by molar-refractivity contribution is -0.132. The van der Waals surface area contributed by atoms with Gasteiger partial charge in [0, 0.05) is 26.0 Å². The zero-order valence-corrected chi connectivity index (χ0v) is 10.6. The van der Waals surface area contributed by atoms with Gasteiger partial charge in [0.15, 0.2) is 0 Å². The Morgan fingerprint density at radius 1 is 1.56 bits per heavy atom. The van der Waals surface area contributed by atoms with Crippen LogP contribution in [0.2, 0.25) is 0 Å². The van der Waals surface area contributed by atoms with E-state index in [9.17, 15) is 4.79 Å². The number of carbonyl (C=O) groups excluding carboxylic acids is 1. The molecule has 2 heterocycles. The molecule has 1 fully saturated rings. The molecule has 0 aliphatic carbocycles. The van der Waals surface area contributed by atoms with E-state index in [0.29, 0.717) is 13.2 Å². The van der Waals surface area contributed by atoms with Gasteiger partial charge >= 0.3 is 0 Å². The maximum absolute atomic E-state index is 11.8. The van der Waals surface area contributed by atoms with E-state index < -0.39 is 5.54 Å². The predicted octanol–water partition coefficient (Wildman–Crippen LogP) is 0.548. The van der Waals surface area contributed by atoms with E-state index in [2.05, 4.69) is 9.88 Å². The number of pyridine rings is 1. The Labute approximate surface area is 107 Å². The number of nitrogens with zero attached hydrogens (tertiary/aromatic N) is 2. The summed E-state index contributed by atoms with van der Waals surface area (Å²) < 4.78 is 5.20. The van der Waals surface area contributed by atoms with E-state index in [4.69, 9.17) is 10.5 Å². The van der Waals surface area contributed by atoms with Crippen LogP contribution in [0, 0.1) is 0 Å². The van der Waals surface area contributed by atoms with Crippen molar-refractivity contribution < 1.29 is 9.53 Å². The van der Waals surface area contributed by atoms with Crippen molar-refractivity contribution in [2.24, 2.45) is 5.73 Å². The summed E-state index contributed by atoms with van der Waals surface area (Å²) >= 11 is 0. The first-order chi connectivity index (χ1) is 8.69. The molecule has 1 atom stereocenters. The van der Waals surface area contributed by atoms with Crippen molar-refractivity contribution in [1.29, 1.82) is 0 Å². The third kappa shape index (κ3) is 2.37. The molecule has 1 saturated heterocycles. The minimum Gasteiger partial charge on any atom is -0.382 e. The summed E-state index contributed by atoms with van der Waals surface area (Å²) in [5.41, 5.74) is 6.07. The van der Waals surface area contributed by atoms with Crippen LogP contribution in [0.25, 0.3) is 0 Å². The summed E-state index contributed by atoms with van der Waals surface area (Å²) in [4.78, 5) is 17.9. The van der Waals surface area contributed by atoms with Crippen molar-refractivity contribution in [3.63, 3.8) is 0 Å². The van der Waals surface area contributed by atoms with Crippen molar-refractivity contribution >= 4 is 5.91 Å². The third-order valence-corrected chi connectivity index (χ3v) is 3.59. The van der Waals surface area contributed by atoms with Gasteiger partial charge in [0.05, 0.1) is 6.61 Å². The van der Waals surface area contributed by atoms with Crippen molar-refractivity contribution in [2.75, 3.05) is 20.3 Å². The van der Waals surface area contributed by atoms with Crippen molar-refractivity contribution in [3.8, 4) is 0 Å². The van der Waals surface area contributed by atoms with Crippen LogP contribution in [0.4, 0.5) is 0 Å². The van der Waals surface area contributed by atoms with Crippen LogP contribution < -0.4 is 5.73 Å². The number of likely N-dealkylation sites (tertiary alicyclic amines) is 1. The molecule has 0 radical (unpaired) electrons. The number of carbonyl (C=O) groups is 1. The Morgan fingerprint density at radius 3 is 2.89 bits per heavy atom. The molecule has 1 aliphatic heterocycles. The molecule has 1 aromatic rings. The zero-order valence-electron chi connectivity index (χ0n) is 10.6. The van der Waals surface area contributed by atoms with Crippen LogP contribution in [0.5, 0.6) is 0 Å². The summed E-state index contributed by atoms with van der Waals surface area (Å²) in [7, 11) is 1.60. The summed E-state index contributed by atoms with van der Waals surface area (Å²) in [6.07, 6.45) is 5.25. The Bertz CT molecular complexity index is 410. The van der Waals surface area contributed by atoms with Crippen LogP contribution in [0.15, 0.2) is 24.5 Å². The van der Waals surface area contributed by atoms with Crippen LogP contribution in [0.1, 0.15) is 18.4 Å². The van der Waals surface area contributed by atoms with E-state index >= 15 is 0 Å². The third-order valence-electron chi connectivity index (χ3n) is 3.59. The Balaban J connectivity index is 2.18. The fourth-order valence-electron chi connectivity index (χ4n) is 2.63. The number of ether oxygens (including phenoxy) is 1. The van der Waals surface area contributed by atoms with E-state index in [0.717, 1.165) is 24.9 Å². The maximum atomic E-state index is 11.8. The van der Waals surface area contributed by atoms with Gasteiger partial charge in [-0.25, -0.2) is 0 Å². The lowest BCUT2D eigenvalue weighted by atomic mass is 9.96. The quantitative estimate of drug-likeness (QED) is 0.827. The van der Waals surface area contributed by atoms with Gasteiger partial charge in [0.25, 0.3) is 0 Å². The molecule has 0 spiro atoms. The molecule has 1 aromatic heterocycles. The van der Waals surface area contributed by atoms with Gasteiger partial charge < -0.3 is 10.5 Å². The van der Waals surface area contributed by atoms with Gasteiger partial charge in [-0.05, 0) is 37.1 Å². The molecule has 5 nitrogen and oxygen atoms in total. The second kappa shape index (κ2) is 5.46. The summed E-state index contributed by atoms with van der Waals surface area (Å²) in [6.45, 7) is 1.93. The fraction of sp³-hybridized carbons (Fsp3) is 0.538. The second-order valence-corrected chi connectivity index (χ2v) is 4.71. The Morgan fingerprint density at radius 2 is 2.28 bits per heavy atom. The topological polar surface area (TPSA) is 68.5 Å². The Kier molecular flexibility index (Phi) is 3.93. The highest BCUT2D eigenvalue weighted by atomic mass is 16.5. The van der Waals surface area contributed by atoms with E-state index in [-0.39, 0.29) is 5.91 Å². The van der Waals surface area contributed by atoms with Crippen LogP contribution in [-0.2, 0) is 16.1 Å². The molecule has 1 unspecified atom stereocenters. The highest BCUT2D eigenvalue weighted by molar-refractivity contribution is 5.85.